The molecule has 0 aromatic carbocycles. The second kappa shape index (κ2) is 7.33. The molecule has 0 aromatic rings. The fourth-order valence-electron chi connectivity index (χ4n) is 1.01. The fraction of sp³-hybridized carbons (Fsp3) is 0.455. The molecule has 0 heteroatoms. The smallest absolute Gasteiger partial charge is 0.00192 e. The van der Waals surface area contributed by atoms with Crippen LogP contribution in [0.5, 0.6) is 0 Å². The third kappa shape index (κ3) is 5.65. The average Bonchev–Trinajstić information content (AvgIpc) is 2.01. The van der Waals surface area contributed by atoms with Crippen molar-refractivity contribution in [3.05, 3.63) is 36.5 Å². The monoisotopic (exact) mass is 150 g/mol. The van der Waals surface area contributed by atoms with Gasteiger partial charge in [0.2, 0.25) is 0 Å². The van der Waals surface area contributed by atoms with Gasteiger partial charge in [-0.3, -0.25) is 0 Å². The summed E-state index contributed by atoms with van der Waals surface area (Å²) in [6.07, 6.45) is 14.1. The molecule has 0 bridgehead atoms. The lowest BCUT2D eigenvalue weighted by Gasteiger charge is -2.01. The highest BCUT2D eigenvalue weighted by Gasteiger charge is 1.93. The Kier molecular flexibility index (Phi) is 6.81. The van der Waals surface area contributed by atoms with Crippen LogP contribution < -0.4 is 0 Å². The van der Waals surface area contributed by atoms with E-state index in [1.807, 2.05) is 0 Å². The van der Waals surface area contributed by atoms with Crippen LogP contribution in [0.2, 0.25) is 0 Å². The first-order chi connectivity index (χ1) is 5.35. The van der Waals surface area contributed by atoms with Crippen molar-refractivity contribution in [2.24, 2.45) is 5.92 Å². The van der Waals surface area contributed by atoms with Crippen molar-refractivity contribution < 1.29 is 0 Å². The SMILES string of the molecule is CC=CCC(C=CC)C=CC. The molecule has 11 heavy (non-hydrogen) atoms. The highest BCUT2D eigenvalue weighted by atomic mass is 14.0. The van der Waals surface area contributed by atoms with E-state index < -0.39 is 0 Å². The van der Waals surface area contributed by atoms with Gasteiger partial charge in [0.15, 0.2) is 0 Å². The first kappa shape index (κ1) is 10.2. The lowest BCUT2D eigenvalue weighted by atomic mass is 10.0. The van der Waals surface area contributed by atoms with Crippen LogP contribution in [0.3, 0.4) is 0 Å². The van der Waals surface area contributed by atoms with E-state index in [1.54, 1.807) is 0 Å². The highest BCUT2D eigenvalue weighted by molar-refractivity contribution is 5.01. The van der Waals surface area contributed by atoms with Gasteiger partial charge in [-0.2, -0.15) is 0 Å². The van der Waals surface area contributed by atoms with Crippen LogP contribution in [0.25, 0.3) is 0 Å². The lowest BCUT2D eigenvalue weighted by Crippen LogP contribution is -1.87. The van der Waals surface area contributed by atoms with Crippen molar-refractivity contribution in [2.75, 3.05) is 0 Å². The molecule has 62 valence electrons. The van der Waals surface area contributed by atoms with Crippen molar-refractivity contribution in [3.8, 4) is 0 Å². The zero-order valence-electron chi connectivity index (χ0n) is 7.75. The first-order valence-electron chi connectivity index (χ1n) is 4.22. The highest BCUT2D eigenvalue weighted by Crippen LogP contribution is 2.07. The van der Waals surface area contributed by atoms with E-state index in [-0.39, 0.29) is 0 Å². The van der Waals surface area contributed by atoms with Crippen LogP contribution in [-0.4, -0.2) is 0 Å². The second-order valence-electron chi connectivity index (χ2n) is 2.52. The van der Waals surface area contributed by atoms with Crippen LogP contribution in [0.4, 0.5) is 0 Å². The molecule has 0 aliphatic rings. The number of allylic oxidation sites excluding steroid dienone is 6. The molecule has 0 atom stereocenters. The van der Waals surface area contributed by atoms with Crippen LogP contribution in [0, 0.1) is 5.92 Å². The molecule has 0 saturated carbocycles. The van der Waals surface area contributed by atoms with Gasteiger partial charge in [-0.05, 0) is 33.1 Å². The van der Waals surface area contributed by atoms with E-state index in [2.05, 4.69) is 57.2 Å². The normalized spacial score (nSPS) is 15.5. The summed E-state index contributed by atoms with van der Waals surface area (Å²) in [7, 11) is 0. The van der Waals surface area contributed by atoms with E-state index >= 15 is 0 Å². The maximum absolute atomic E-state index is 2.22. The van der Waals surface area contributed by atoms with Gasteiger partial charge in [-0.1, -0.05) is 36.5 Å². The second-order valence-corrected chi connectivity index (χ2v) is 2.52. The average molecular weight is 150 g/mol. The molecule has 0 aromatic heterocycles. The van der Waals surface area contributed by atoms with Gasteiger partial charge in [0, 0.05) is 0 Å². The topological polar surface area (TPSA) is 0 Å². The molecule has 0 heterocycles. The summed E-state index contributed by atoms with van der Waals surface area (Å²) in [6.45, 7) is 6.18. The summed E-state index contributed by atoms with van der Waals surface area (Å²) < 4.78 is 0. The first-order valence-corrected chi connectivity index (χ1v) is 4.22. The third-order valence-electron chi connectivity index (χ3n) is 1.52. The molecule has 0 spiro atoms. The Hall–Kier alpha value is -0.780. The molecule has 0 nitrogen and oxygen atoms in total. The Morgan fingerprint density at radius 3 is 1.82 bits per heavy atom. The predicted octanol–water partition coefficient (Wildman–Crippen LogP) is 3.72. The summed E-state index contributed by atoms with van der Waals surface area (Å²) in [5, 5.41) is 0. The van der Waals surface area contributed by atoms with Crippen LogP contribution >= 0.6 is 0 Å². The fourth-order valence-corrected chi connectivity index (χ4v) is 1.01. The Morgan fingerprint density at radius 2 is 1.45 bits per heavy atom. The van der Waals surface area contributed by atoms with E-state index in [4.69, 9.17) is 0 Å². The Morgan fingerprint density at radius 1 is 0.909 bits per heavy atom. The molecular formula is C11H18. The van der Waals surface area contributed by atoms with Gasteiger partial charge in [-0.15, -0.1) is 0 Å². The van der Waals surface area contributed by atoms with Crippen LogP contribution in [0.1, 0.15) is 27.2 Å². The summed E-state index contributed by atoms with van der Waals surface area (Å²) in [4.78, 5) is 0. The Bertz CT molecular complexity index is 137. The van der Waals surface area contributed by atoms with E-state index in [9.17, 15) is 0 Å². The van der Waals surface area contributed by atoms with E-state index in [0.717, 1.165) is 6.42 Å². The predicted molar refractivity (Wildman–Crippen MR) is 52.5 cm³/mol. The maximum Gasteiger partial charge on any atom is -0.00192 e. The molecule has 0 radical (unpaired) electrons. The van der Waals surface area contributed by atoms with Gasteiger partial charge in [0.05, 0.1) is 0 Å². The lowest BCUT2D eigenvalue weighted by molar-refractivity contribution is 0.828. The largest absolute Gasteiger partial charge is 0.0916 e. The molecular weight excluding hydrogens is 132 g/mol. The van der Waals surface area contributed by atoms with Crippen molar-refractivity contribution in [1.29, 1.82) is 0 Å². The summed E-state index contributed by atoms with van der Waals surface area (Å²) in [5.74, 6) is 0.584. The van der Waals surface area contributed by atoms with Crippen molar-refractivity contribution >= 4 is 0 Å². The Labute approximate surface area is 70.3 Å². The van der Waals surface area contributed by atoms with Crippen molar-refractivity contribution in [3.63, 3.8) is 0 Å². The molecule has 0 amide bonds. The molecule has 0 aliphatic heterocycles. The minimum Gasteiger partial charge on any atom is -0.0916 e. The summed E-state index contributed by atoms with van der Waals surface area (Å²) in [6, 6.07) is 0. The molecule has 0 N–H and O–H groups in total. The van der Waals surface area contributed by atoms with E-state index in [1.165, 1.54) is 0 Å². The minimum absolute atomic E-state index is 0.584. The quantitative estimate of drug-likeness (QED) is 0.536. The molecule has 0 aliphatic carbocycles. The minimum atomic E-state index is 0.584. The zero-order valence-corrected chi connectivity index (χ0v) is 7.75. The Balaban J connectivity index is 3.88. The molecule has 0 rings (SSSR count). The zero-order chi connectivity index (χ0) is 8.53. The van der Waals surface area contributed by atoms with Crippen LogP contribution in [-0.2, 0) is 0 Å². The molecule has 0 unspecified atom stereocenters. The molecule has 0 saturated heterocycles. The number of hydrogen-bond donors (Lipinski definition) is 0. The van der Waals surface area contributed by atoms with Gasteiger partial charge in [-0.25, -0.2) is 0 Å². The van der Waals surface area contributed by atoms with Crippen molar-refractivity contribution in [1.82, 2.24) is 0 Å². The van der Waals surface area contributed by atoms with E-state index in [0.29, 0.717) is 5.92 Å². The third-order valence-corrected chi connectivity index (χ3v) is 1.52. The van der Waals surface area contributed by atoms with Gasteiger partial charge in [0.1, 0.15) is 0 Å². The number of hydrogen-bond acceptors (Lipinski definition) is 0. The molecule has 0 fully saturated rings. The van der Waals surface area contributed by atoms with Gasteiger partial charge >= 0.3 is 0 Å². The standard InChI is InChI=1S/C11H18/c1-4-7-10-11(8-5-2)9-6-3/h4-9,11H,10H2,1-3H3. The summed E-state index contributed by atoms with van der Waals surface area (Å²) >= 11 is 0. The van der Waals surface area contributed by atoms with Crippen molar-refractivity contribution in [2.45, 2.75) is 27.2 Å². The maximum atomic E-state index is 2.22. The number of rotatable bonds is 4. The van der Waals surface area contributed by atoms with Gasteiger partial charge < -0.3 is 0 Å². The summed E-state index contributed by atoms with van der Waals surface area (Å²) in [5.41, 5.74) is 0. The van der Waals surface area contributed by atoms with Gasteiger partial charge in [0.25, 0.3) is 0 Å². The van der Waals surface area contributed by atoms with Crippen LogP contribution in [0.15, 0.2) is 36.5 Å².